The average molecular weight is 1070 g/mol. The number of hydrogen-bond acceptors (Lipinski definition) is 16. The summed E-state index contributed by atoms with van der Waals surface area (Å²) in [4.78, 5) is 0. The molecule has 1 aliphatic rings. The first-order valence-corrected chi connectivity index (χ1v) is 28.4. The van der Waals surface area contributed by atoms with Crippen molar-refractivity contribution >= 4 is 233 Å². The Labute approximate surface area is 407 Å². The zero-order chi connectivity index (χ0) is 40.9. The summed E-state index contributed by atoms with van der Waals surface area (Å²) in [5.74, 6) is 10.2. The Morgan fingerprint density at radius 3 is 0.321 bits per heavy atom. The summed E-state index contributed by atoms with van der Waals surface area (Å²) in [6.45, 7) is 0. The Kier molecular flexibility index (Phi) is 38.3. The van der Waals surface area contributed by atoms with Crippen LogP contribution in [0.5, 0.6) is 0 Å². The van der Waals surface area contributed by atoms with Crippen LogP contribution in [0.3, 0.4) is 0 Å². The van der Waals surface area contributed by atoms with Crippen LogP contribution >= 0.6 is 192 Å². The zero-order valence-electron chi connectivity index (χ0n) is 29.8. The highest BCUT2D eigenvalue weighted by Crippen LogP contribution is 2.00. The third-order valence-corrected chi connectivity index (χ3v) is 13.2. The highest BCUT2D eigenvalue weighted by Gasteiger charge is 2.03. The van der Waals surface area contributed by atoms with Crippen molar-refractivity contribution in [2.45, 2.75) is 0 Å². The second-order valence-corrected chi connectivity index (χ2v) is 20.6. The van der Waals surface area contributed by atoms with Gasteiger partial charge in [0.25, 0.3) is 0 Å². The van der Waals surface area contributed by atoms with Gasteiger partial charge in [0.05, 0.1) is 94.0 Å². The maximum atomic E-state index is 5.35. The van der Waals surface area contributed by atoms with Crippen LogP contribution in [-0.4, -0.2) is 135 Å². The topological polar surface area (TPSA) is 192 Å². The van der Waals surface area contributed by atoms with Gasteiger partial charge >= 0.3 is 0 Å². The smallest absolute Gasteiger partial charge is 0.167 e. The molecule has 0 aromatic rings. The predicted octanol–water partition coefficient (Wildman–Crippen LogP) is 0.898. The van der Waals surface area contributed by atoms with Crippen LogP contribution in [0, 0.1) is 0 Å². The lowest BCUT2D eigenvalue weighted by molar-refractivity contribution is 0.985. The van der Waals surface area contributed by atoms with E-state index in [0.717, 1.165) is 0 Å². The summed E-state index contributed by atoms with van der Waals surface area (Å²) in [6, 6.07) is 0. The molecule has 1 aliphatic heterocycles. The average Bonchev–Trinajstić information content (AvgIpc) is 3.16. The largest absolute Gasteiger partial charge is 0.354 e. The van der Waals surface area contributed by atoms with E-state index in [-0.39, 0.29) is 0 Å². The van der Waals surface area contributed by atoms with Gasteiger partial charge in [0.2, 0.25) is 0 Å². The Bertz CT molecular complexity index is 864. The van der Waals surface area contributed by atoms with Crippen molar-refractivity contribution in [3.05, 3.63) is 0 Å². The fourth-order valence-corrected chi connectivity index (χ4v) is 10.1. The Hall–Kier alpha value is 0.320. The highest BCUT2D eigenvalue weighted by atomic mass is 32.2. The van der Waals surface area contributed by atoms with Gasteiger partial charge in [0.1, 0.15) is 0 Å². The molecule has 32 heteroatoms. The van der Waals surface area contributed by atoms with Crippen molar-refractivity contribution in [1.29, 1.82) is 0 Å². The number of hydrogen-bond donors (Lipinski definition) is 16. The summed E-state index contributed by atoms with van der Waals surface area (Å²) < 4.78 is 0. The monoisotopic (exact) mass is 1070 g/mol. The van der Waals surface area contributed by atoms with Crippen LogP contribution in [0.15, 0.2) is 0 Å². The van der Waals surface area contributed by atoms with Gasteiger partial charge < -0.3 is 85.1 Å². The van der Waals surface area contributed by atoms with Crippen molar-refractivity contribution in [2.75, 3.05) is 94.0 Å². The fraction of sp³-hybridized carbons (Fsp3) is 0.667. The fourth-order valence-electron chi connectivity index (χ4n) is 2.77. The predicted molar refractivity (Wildman–Crippen MR) is 290 cm³/mol. The maximum absolute atomic E-state index is 5.35. The molecule has 0 atom stereocenters. The van der Waals surface area contributed by atoms with E-state index in [2.05, 4.69) is 85.1 Å². The molecule has 0 aromatic carbocycles. The first-order valence-electron chi connectivity index (χ1n) is 15.9. The van der Waals surface area contributed by atoms with E-state index >= 15 is 0 Å². The van der Waals surface area contributed by atoms with E-state index < -0.39 is 0 Å². The first-order chi connectivity index (χ1) is 27.2. The van der Waals surface area contributed by atoms with Crippen molar-refractivity contribution in [3.8, 4) is 0 Å². The molecule has 56 heavy (non-hydrogen) atoms. The van der Waals surface area contributed by atoms with Gasteiger partial charge in [-0.25, -0.2) is 0 Å². The van der Waals surface area contributed by atoms with E-state index in [9.17, 15) is 0 Å². The van der Waals surface area contributed by atoms with E-state index in [0.29, 0.717) is 135 Å². The molecule has 1 heterocycles. The second-order valence-electron chi connectivity index (χ2n) is 9.40. The number of thioether (sulfide) groups is 8. The van der Waals surface area contributed by atoms with Gasteiger partial charge in [-0.2, -0.15) is 0 Å². The van der Waals surface area contributed by atoms with Crippen molar-refractivity contribution in [1.82, 2.24) is 85.1 Å². The Morgan fingerprint density at radius 2 is 0.250 bits per heavy atom. The molecule has 1 saturated heterocycles. The Balaban J connectivity index is 2.31. The third kappa shape index (κ3) is 37.3. The molecule has 1 fully saturated rings. The molecule has 320 valence electrons. The number of nitrogens with one attached hydrogen (secondary N) is 16. The molecule has 0 aliphatic carbocycles. The van der Waals surface area contributed by atoms with Gasteiger partial charge in [-0.15, -0.1) is 94.1 Å². The van der Waals surface area contributed by atoms with Gasteiger partial charge in [0.15, 0.2) is 40.9 Å². The van der Waals surface area contributed by atoms with Crippen molar-refractivity contribution in [2.24, 2.45) is 0 Å². The molecule has 0 saturated carbocycles. The van der Waals surface area contributed by atoms with Crippen LogP contribution < -0.4 is 85.1 Å². The van der Waals surface area contributed by atoms with Gasteiger partial charge in [-0.1, -0.05) is 0 Å². The molecule has 16 N–H and O–H groups in total. The minimum Gasteiger partial charge on any atom is -0.354 e. The molecular formula is C24H48N16S16. The molecule has 0 bridgehead atoms. The van der Waals surface area contributed by atoms with E-state index in [1.807, 2.05) is 0 Å². The molecule has 0 aromatic heterocycles. The first kappa shape index (κ1) is 54.3. The lowest BCUT2D eigenvalue weighted by atomic mass is 11.0. The summed E-state index contributed by atoms with van der Waals surface area (Å²) in [6.07, 6.45) is 0. The number of thiocarbonyl (C=S) groups is 8. The van der Waals surface area contributed by atoms with Gasteiger partial charge in [-0.3, -0.25) is 0 Å². The summed E-state index contributed by atoms with van der Waals surface area (Å²) in [5.41, 5.74) is 0. The lowest BCUT2D eigenvalue weighted by Crippen LogP contribution is -2.39. The highest BCUT2D eigenvalue weighted by molar-refractivity contribution is 8.01. The standard InChI is InChI=1S/C24H48N16S16/c41-17-25-1-49-2-26-18(42)28-4-51-6-30-20(44)32-8-53-10-34-22(46)36-12-55-14-38-24(48)40-16-56-15-39-23(47)37-13-54-11-35-21(45)33-9-52-7-31-19(43)29-5-50-3-27-17/h1-16H2,(H2,25,27,41)(H2,26,28,42)(H2,29,31,43)(H2,30,32,44)(H2,33,35,45)(H2,34,36,46)(H2,37,39,47)(H2,38,40,48). The second kappa shape index (κ2) is 39.5. The molecule has 1 rings (SSSR count). The zero-order valence-corrected chi connectivity index (χ0v) is 42.9. The quantitative estimate of drug-likeness (QED) is 0.153. The molecule has 0 radical (unpaired) electrons. The van der Waals surface area contributed by atoms with Crippen molar-refractivity contribution < 1.29 is 0 Å². The Morgan fingerprint density at radius 1 is 0.179 bits per heavy atom. The third-order valence-electron chi connectivity index (χ3n) is 5.36. The van der Waals surface area contributed by atoms with E-state index in [4.69, 9.17) is 97.7 Å². The van der Waals surface area contributed by atoms with Crippen LogP contribution in [-0.2, 0) is 0 Å². The summed E-state index contributed by atoms with van der Waals surface area (Å²) in [5, 5.41) is 55.3. The van der Waals surface area contributed by atoms with Crippen LogP contribution in [0.25, 0.3) is 0 Å². The van der Waals surface area contributed by atoms with E-state index in [1.165, 1.54) is 0 Å². The minimum absolute atomic E-state index is 0.585. The van der Waals surface area contributed by atoms with Crippen molar-refractivity contribution in [3.63, 3.8) is 0 Å². The van der Waals surface area contributed by atoms with Crippen LogP contribution in [0.4, 0.5) is 0 Å². The number of rotatable bonds is 0. The van der Waals surface area contributed by atoms with Gasteiger partial charge in [0, 0.05) is 0 Å². The SMILES string of the molecule is S=C1NCSCNC(=S)NCSCNC(=S)NCSCNC(=S)NCSCNC(=S)NCSCNC(=S)NCSCNC(=S)NCSCNC(=S)NCSCN1. The minimum atomic E-state index is 0.585. The molecule has 0 unspecified atom stereocenters. The summed E-state index contributed by atoms with van der Waals surface area (Å²) >= 11 is 55.8. The normalized spacial score (nSPS) is 20.3. The van der Waals surface area contributed by atoms with Crippen LogP contribution in [0.2, 0.25) is 0 Å². The van der Waals surface area contributed by atoms with Gasteiger partial charge in [-0.05, 0) is 97.7 Å². The molecule has 0 spiro atoms. The lowest BCUT2D eigenvalue weighted by Gasteiger charge is -2.14. The molecule has 16 nitrogen and oxygen atoms in total. The molecule has 0 amide bonds. The maximum Gasteiger partial charge on any atom is 0.167 e. The molecular weight excluding hydrogens is 1030 g/mol. The van der Waals surface area contributed by atoms with E-state index in [1.54, 1.807) is 94.1 Å². The van der Waals surface area contributed by atoms with Crippen LogP contribution in [0.1, 0.15) is 0 Å². The summed E-state index contributed by atoms with van der Waals surface area (Å²) in [7, 11) is 0.